The number of halogens is 1. The van der Waals surface area contributed by atoms with Gasteiger partial charge < -0.3 is 5.11 Å². The van der Waals surface area contributed by atoms with Gasteiger partial charge in [-0.25, -0.2) is 0 Å². The van der Waals surface area contributed by atoms with Crippen molar-refractivity contribution < 1.29 is 9.90 Å². The Kier molecular flexibility index (Phi) is 3.39. The lowest BCUT2D eigenvalue weighted by Crippen LogP contribution is -2.32. The lowest BCUT2D eigenvalue weighted by atomic mass is 9.89. The number of aryl methyl sites for hydroxylation is 1. The molecule has 2 aliphatic rings. The van der Waals surface area contributed by atoms with E-state index in [0.29, 0.717) is 6.04 Å². The minimum absolute atomic E-state index is 0.158. The molecule has 19 heavy (non-hydrogen) atoms. The van der Waals surface area contributed by atoms with Crippen LogP contribution in [0.25, 0.3) is 0 Å². The van der Waals surface area contributed by atoms with E-state index in [0.717, 1.165) is 30.3 Å². The molecule has 0 aromatic heterocycles. The van der Waals surface area contributed by atoms with Crippen molar-refractivity contribution in [2.45, 2.75) is 44.8 Å². The van der Waals surface area contributed by atoms with Crippen LogP contribution in [0.15, 0.2) is 22.7 Å². The topological polar surface area (TPSA) is 40.5 Å². The van der Waals surface area contributed by atoms with Crippen molar-refractivity contribution in [3.63, 3.8) is 0 Å². The quantitative estimate of drug-likeness (QED) is 0.928. The number of nitrogens with zero attached hydrogens (tertiary/aromatic N) is 1. The van der Waals surface area contributed by atoms with Crippen molar-refractivity contribution in [3.8, 4) is 0 Å². The van der Waals surface area contributed by atoms with Crippen LogP contribution in [0, 0.1) is 12.8 Å². The highest BCUT2D eigenvalue weighted by Gasteiger charge is 2.48. The normalized spacial score (nSPS) is 29.9. The van der Waals surface area contributed by atoms with Crippen LogP contribution in [0.1, 0.15) is 30.4 Å². The maximum atomic E-state index is 11.3. The zero-order valence-corrected chi connectivity index (χ0v) is 12.6. The van der Waals surface area contributed by atoms with Gasteiger partial charge in [0.15, 0.2) is 0 Å². The van der Waals surface area contributed by atoms with Gasteiger partial charge in [0.1, 0.15) is 0 Å². The highest BCUT2D eigenvalue weighted by molar-refractivity contribution is 9.10. The first-order valence-electron chi connectivity index (χ1n) is 6.80. The summed E-state index contributed by atoms with van der Waals surface area (Å²) in [6.45, 7) is 3.00. The van der Waals surface area contributed by atoms with E-state index in [1.807, 2.05) is 0 Å². The first-order chi connectivity index (χ1) is 9.06. The fraction of sp³-hybridized carbons (Fsp3) is 0.533. The van der Waals surface area contributed by atoms with Crippen molar-refractivity contribution in [2.75, 3.05) is 0 Å². The average molecular weight is 324 g/mol. The van der Waals surface area contributed by atoms with E-state index in [1.54, 1.807) is 0 Å². The second-order valence-electron chi connectivity index (χ2n) is 5.72. The van der Waals surface area contributed by atoms with Crippen LogP contribution in [0.4, 0.5) is 0 Å². The standard InChI is InChI=1S/C15H18BrNO2/c1-9-6-11(16)3-2-10(9)8-17-12-4-5-14(17)13(7-12)15(18)19/h2-3,6,12-14H,4-5,7-8H2,1H3,(H,18,19). The average Bonchev–Trinajstić information content (AvgIpc) is 2.90. The maximum Gasteiger partial charge on any atom is 0.308 e. The zero-order chi connectivity index (χ0) is 13.6. The molecule has 2 bridgehead atoms. The number of carbonyl (C=O) groups is 1. The van der Waals surface area contributed by atoms with Crippen LogP contribution in [-0.4, -0.2) is 28.1 Å². The Morgan fingerprint density at radius 2 is 2.26 bits per heavy atom. The maximum absolute atomic E-state index is 11.3. The summed E-state index contributed by atoms with van der Waals surface area (Å²) in [5, 5.41) is 9.28. The van der Waals surface area contributed by atoms with Crippen LogP contribution in [0.5, 0.6) is 0 Å². The summed E-state index contributed by atoms with van der Waals surface area (Å²) >= 11 is 3.48. The highest BCUT2D eigenvalue weighted by atomic mass is 79.9. The van der Waals surface area contributed by atoms with Gasteiger partial charge in [0.2, 0.25) is 0 Å². The van der Waals surface area contributed by atoms with Gasteiger partial charge in [0.25, 0.3) is 0 Å². The van der Waals surface area contributed by atoms with E-state index < -0.39 is 5.97 Å². The molecule has 4 heteroatoms. The van der Waals surface area contributed by atoms with Gasteiger partial charge in [-0.2, -0.15) is 0 Å². The first-order valence-corrected chi connectivity index (χ1v) is 7.59. The van der Waals surface area contributed by atoms with Gasteiger partial charge in [0.05, 0.1) is 5.92 Å². The van der Waals surface area contributed by atoms with Crippen LogP contribution in [0.3, 0.4) is 0 Å². The molecule has 0 aliphatic carbocycles. The molecule has 0 saturated carbocycles. The fourth-order valence-electron chi connectivity index (χ4n) is 3.65. The summed E-state index contributed by atoms with van der Waals surface area (Å²) < 4.78 is 1.10. The Labute approximate surface area is 121 Å². The molecule has 0 amide bonds. The van der Waals surface area contributed by atoms with Crippen molar-refractivity contribution in [1.29, 1.82) is 0 Å². The van der Waals surface area contributed by atoms with Gasteiger partial charge in [-0.1, -0.05) is 22.0 Å². The third-order valence-electron chi connectivity index (χ3n) is 4.66. The van der Waals surface area contributed by atoms with Crippen LogP contribution < -0.4 is 0 Å². The summed E-state index contributed by atoms with van der Waals surface area (Å²) in [4.78, 5) is 13.7. The molecular weight excluding hydrogens is 306 g/mol. The van der Waals surface area contributed by atoms with Crippen molar-refractivity contribution in [3.05, 3.63) is 33.8 Å². The summed E-state index contributed by atoms with van der Waals surface area (Å²) in [7, 11) is 0. The number of benzene rings is 1. The smallest absolute Gasteiger partial charge is 0.308 e. The van der Waals surface area contributed by atoms with Crippen molar-refractivity contribution in [2.24, 2.45) is 5.92 Å². The number of fused-ring (bicyclic) bond motifs is 2. The molecule has 102 valence electrons. The third kappa shape index (κ3) is 2.32. The highest BCUT2D eigenvalue weighted by Crippen LogP contribution is 2.42. The Hall–Kier alpha value is -0.870. The number of aliphatic carboxylic acids is 1. The summed E-state index contributed by atoms with van der Waals surface area (Å²) in [5.74, 6) is -0.778. The second kappa shape index (κ2) is 4.91. The zero-order valence-electron chi connectivity index (χ0n) is 11.0. The minimum atomic E-state index is -0.621. The SMILES string of the molecule is Cc1cc(Br)ccc1CN1C2CCC1C(C(=O)O)C2. The predicted octanol–water partition coefficient (Wildman–Crippen LogP) is 3.20. The lowest BCUT2D eigenvalue weighted by Gasteiger charge is -2.23. The van der Waals surface area contributed by atoms with Gasteiger partial charge in [-0.05, 0) is 49.4 Å². The Bertz CT molecular complexity index is 517. The molecule has 3 nitrogen and oxygen atoms in total. The Morgan fingerprint density at radius 3 is 2.89 bits per heavy atom. The largest absolute Gasteiger partial charge is 0.481 e. The molecule has 0 radical (unpaired) electrons. The number of carboxylic acids is 1. The van der Waals surface area contributed by atoms with E-state index in [1.165, 1.54) is 11.1 Å². The molecule has 3 rings (SSSR count). The molecule has 2 fully saturated rings. The van der Waals surface area contributed by atoms with E-state index in [-0.39, 0.29) is 12.0 Å². The second-order valence-corrected chi connectivity index (χ2v) is 6.64. The molecule has 2 aliphatic heterocycles. The van der Waals surface area contributed by atoms with Gasteiger partial charge in [-0.3, -0.25) is 9.69 Å². The summed E-state index contributed by atoms with van der Waals surface area (Å²) in [5.41, 5.74) is 2.58. The van der Waals surface area contributed by atoms with Crippen LogP contribution in [0.2, 0.25) is 0 Å². The predicted molar refractivity (Wildman–Crippen MR) is 77.0 cm³/mol. The van der Waals surface area contributed by atoms with Gasteiger partial charge >= 0.3 is 5.97 Å². The molecule has 2 heterocycles. The number of hydrogen-bond donors (Lipinski definition) is 1. The Balaban J connectivity index is 1.79. The monoisotopic (exact) mass is 323 g/mol. The third-order valence-corrected chi connectivity index (χ3v) is 5.15. The molecule has 1 aromatic rings. The van der Waals surface area contributed by atoms with Crippen LogP contribution >= 0.6 is 15.9 Å². The molecule has 1 N–H and O–H groups in total. The summed E-state index contributed by atoms with van der Waals surface area (Å²) in [6.07, 6.45) is 3.02. The van der Waals surface area contributed by atoms with E-state index in [2.05, 4.69) is 46.0 Å². The number of rotatable bonds is 3. The molecule has 3 atom stereocenters. The molecule has 3 unspecified atom stereocenters. The summed E-state index contributed by atoms with van der Waals surface area (Å²) in [6, 6.07) is 7.05. The lowest BCUT2D eigenvalue weighted by molar-refractivity contribution is -0.142. The Morgan fingerprint density at radius 1 is 1.47 bits per heavy atom. The minimum Gasteiger partial charge on any atom is -0.481 e. The van der Waals surface area contributed by atoms with E-state index in [4.69, 9.17) is 0 Å². The molecular formula is C15H18BrNO2. The molecule has 1 aromatic carbocycles. The molecule has 0 spiro atoms. The van der Waals surface area contributed by atoms with Crippen molar-refractivity contribution in [1.82, 2.24) is 4.90 Å². The fourth-order valence-corrected chi connectivity index (χ4v) is 4.12. The van der Waals surface area contributed by atoms with Crippen molar-refractivity contribution >= 4 is 21.9 Å². The van der Waals surface area contributed by atoms with E-state index >= 15 is 0 Å². The van der Waals surface area contributed by atoms with E-state index in [9.17, 15) is 9.90 Å². The number of hydrogen-bond acceptors (Lipinski definition) is 2. The van der Waals surface area contributed by atoms with Crippen LogP contribution in [-0.2, 0) is 11.3 Å². The van der Waals surface area contributed by atoms with Gasteiger partial charge in [-0.15, -0.1) is 0 Å². The number of carboxylic acid groups (broad SMARTS) is 1. The molecule has 2 saturated heterocycles. The first kappa shape index (κ1) is 13.1. The van der Waals surface area contributed by atoms with Gasteiger partial charge in [0, 0.05) is 23.1 Å².